The molecule has 1 heterocycles. The van der Waals surface area contributed by atoms with Crippen molar-refractivity contribution in [3.63, 3.8) is 0 Å². The van der Waals surface area contributed by atoms with Gasteiger partial charge in [0.05, 0.1) is 4.92 Å². The van der Waals surface area contributed by atoms with E-state index < -0.39 is 4.92 Å². The van der Waals surface area contributed by atoms with E-state index in [0.717, 1.165) is 24.9 Å². The lowest BCUT2D eigenvalue weighted by atomic mass is 9.98. The minimum atomic E-state index is -0.393. The zero-order valence-corrected chi connectivity index (χ0v) is 12.5. The number of piperidine rings is 1. The number of benzene rings is 1. The Kier molecular flexibility index (Phi) is 4.77. The zero-order chi connectivity index (χ0) is 15.4. The minimum absolute atomic E-state index is 0.0685. The Morgan fingerprint density at radius 3 is 2.90 bits per heavy atom. The van der Waals surface area contributed by atoms with Gasteiger partial charge in [0.15, 0.2) is 0 Å². The molecule has 1 atom stereocenters. The average molecular weight is 291 g/mol. The monoisotopic (exact) mass is 291 g/mol. The number of carbonyl (C=O) groups excluding carboxylic acids is 1. The van der Waals surface area contributed by atoms with E-state index in [1.165, 1.54) is 6.07 Å². The second-order valence-electron chi connectivity index (χ2n) is 5.44. The van der Waals surface area contributed by atoms with Crippen LogP contribution in [0.2, 0.25) is 0 Å². The maximum atomic E-state index is 12.1. The van der Waals surface area contributed by atoms with Crippen LogP contribution in [0.15, 0.2) is 18.2 Å². The van der Waals surface area contributed by atoms with Crippen molar-refractivity contribution in [1.29, 1.82) is 0 Å². The van der Waals surface area contributed by atoms with Crippen LogP contribution in [0.25, 0.3) is 0 Å². The Labute approximate surface area is 124 Å². The molecule has 0 spiro atoms. The molecule has 2 rings (SSSR count). The maximum Gasteiger partial charge on any atom is 0.292 e. The molecule has 0 bridgehead atoms. The molecule has 1 aliphatic heterocycles. The molecule has 6 heteroatoms. The van der Waals surface area contributed by atoms with E-state index in [0.29, 0.717) is 18.8 Å². The first kappa shape index (κ1) is 15.3. The Bertz CT molecular complexity index is 545. The van der Waals surface area contributed by atoms with Gasteiger partial charge >= 0.3 is 0 Å². The van der Waals surface area contributed by atoms with E-state index in [2.05, 4.69) is 5.32 Å². The molecule has 21 heavy (non-hydrogen) atoms. The van der Waals surface area contributed by atoms with Crippen molar-refractivity contribution >= 4 is 17.3 Å². The van der Waals surface area contributed by atoms with Gasteiger partial charge in [0, 0.05) is 31.6 Å². The first-order valence-electron chi connectivity index (χ1n) is 7.33. The smallest absolute Gasteiger partial charge is 0.292 e. The molecule has 114 valence electrons. The summed E-state index contributed by atoms with van der Waals surface area (Å²) in [4.78, 5) is 24.6. The number of amides is 1. The first-order valence-corrected chi connectivity index (χ1v) is 7.33. The number of hydrogen-bond donors (Lipinski definition) is 1. The normalized spacial score (nSPS) is 18.7. The molecule has 1 N–H and O–H groups in total. The third-order valence-corrected chi connectivity index (χ3v) is 3.80. The fourth-order valence-electron chi connectivity index (χ4n) is 2.68. The van der Waals surface area contributed by atoms with E-state index in [1.807, 2.05) is 18.7 Å². The molecular formula is C15H21N3O3. The number of nitro groups is 1. The largest absolute Gasteiger partial charge is 0.380 e. The van der Waals surface area contributed by atoms with Crippen LogP contribution < -0.4 is 5.32 Å². The Hall–Kier alpha value is -2.11. The van der Waals surface area contributed by atoms with Crippen LogP contribution in [0.3, 0.4) is 0 Å². The lowest BCUT2D eigenvalue weighted by Crippen LogP contribution is -2.39. The third kappa shape index (κ3) is 3.51. The summed E-state index contributed by atoms with van der Waals surface area (Å²) in [5.74, 6) is 0.245. The quantitative estimate of drug-likeness (QED) is 0.668. The van der Waals surface area contributed by atoms with Crippen molar-refractivity contribution < 1.29 is 9.72 Å². The van der Waals surface area contributed by atoms with Crippen LogP contribution in [0, 0.1) is 16.0 Å². The number of nitrogens with zero attached hydrogens (tertiary/aromatic N) is 2. The Morgan fingerprint density at radius 2 is 2.24 bits per heavy atom. The van der Waals surface area contributed by atoms with Crippen LogP contribution in [-0.2, 0) is 11.3 Å². The number of hydrogen-bond acceptors (Lipinski definition) is 4. The molecule has 0 radical (unpaired) electrons. The van der Waals surface area contributed by atoms with E-state index in [9.17, 15) is 14.9 Å². The van der Waals surface area contributed by atoms with Crippen molar-refractivity contribution in [2.75, 3.05) is 18.4 Å². The van der Waals surface area contributed by atoms with Crippen molar-refractivity contribution in [2.45, 2.75) is 33.2 Å². The lowest BCUT2D eigenvalue weighted by molar-refractivity contribution is -0.384. The number of nitrogens with one attached hydrogen (secondary N) is 1. The molecule has 0 aliphatic carbocycles. The highest BCUT2D eigenvalue weighted by Crippen LogP contribution is 2.27. The summed E-state index contributed by atoms with van der Waals surface area (Å²) >= 11 is 0. The van der Waals surface area contributed by atoms with Crippen LogP contribution in [0.4, 0.5) is 11.4 Å². The van der Waals surface area contributed by atoms with Crippen molar-refractivity contribution in [3.8, 4) is 0 Å². The number of nitro benzene ring substituents is 1. The first-order chi connectivity index (χ1) is 10.0. The molecule has 1 aliphatic rings. The predicted molar refractivity (Wildman–Crippen MR) is 81.1 cm³/mol. The van der Waals surface area contributed by atoms with Gasteiger partial charge in [0.2, 0.25) is 5.91 Å². The maximum absolute atomic E-state index is 12.1. The van der Waals surface area contributed by atoms with Gasteiger partial charge in [-0.25, -0.2) is 0 Å². The molecule has 6 nitrogen and oxygen atoms in total. The van der Waals surface area contributed by atoms with Crippen LogP contribution in [0.5, 0.6) is 0 Å². The van der Waals surface area contributed by atoms with Gasteiger partial charge in [-0.2, -0.15) is 0 Å². The van der Waals surface area contributed by atoms with Crippen LogP contribution in [-0.4, -0.2) is 28.8 Å². The van der Waals surface area contributed by atoms with Gasteiger partial charge in [0.25, 0.3) is 5.69 Å². The van der Waals surface area contributed by atoms with E-state index in [4.69, 9.17) is 0 Å². The molecule has 0 aromatic heterocycles. The highest BCUT2D eigenvalue weighted by molar-refractivity contribution is 5.79. The zero-order valence-electron chi connectivity index (χ0n) is 12.5. The molecule has 1 saturated heterocycles. The van der Waals surface area contributed by atoms with Gasteiger partial charge in [-0.05, 0) is 31.4 Å². The Morgan fingerprint density at radius 1 is 1.48 bits per heavy atom. The molecule has 1 aromatic rings. The van der Waals surface area contributed by atoms with Crippen molar-refractivity contribution in [3.05, 3.63) is 33.9 Å². The number of rotatable bonds is 5. The summed E-state index contributed by atoms with van der Waals surface area (Å²) in [5, 5.41) is 14.0. The average Bonchev–Trinajstić information content (AvgIpc) is 2.44. The van der Waals surface area contributed by atoms with Crippen molar-refractivity contribution in [1.82, 2.24) is 4.90 Å². The lowest BCUT2D eigenvalue weighted by Gasteiger charge is -2.30. The standard InChI is InChI=1S/C15H21N3O3/c1-3-16-13-9-12(6-7-14(13)18(20)21)10-17-8-4-5-11(2)15(17)19/h6-7,9,11,16H,3-5,8,10H2,1-2H3. The van der Waals surface area contributed by atoms with E-state index in [-0.39, 0.29) is 17.5 Å². The van der Waals surface area contributed by atoms with Gasteiger partial charge in [0.1, 0.15) is 5.69 Å². The van der Waals surface area contributed by atoms with Crippen LogP contribution in [0.1, 0.15) is 32.3 Å². The number of carbonyl (C=O) groups is 1. The summed E-state index contributed by atoms with van der Waals surface area (Å²) in [7, 11) is 0. The second-order valence-corrected chi connectivity index (χ2v) is 5.44. The summed E-state index contributed by atoms with van der Waals surface area (Å²) in [6, 6.07) is 5.00. The van der Waals surface area contributed by atoms with E-state index in [1.54, 1.807) is 12.1 Å². The second kappa shape index (κ2) is 6.56. The van der Waals surface area contributed by atoms with Gasteiger partial charge in [-0.1, -0.05) is 13.0 Å². The summed E-state index contributed by atoms with van der Waals surface area (Å²) in [6.07, 6.45) is 1.96. The van der Waals surface area contributed by atoms with Gasteiger partial charge < -0.3 is 10.2 Å². The number of likely N-dealkylation sites (tertiary alicyclic amines) is 1. The number of anilines is 1. The predicted octanol–water partition coefficient (Wildman–Crippen LogP) is 2.79. The van der Waals surface area contributed by atoms with E-state index >= 15 is 0 Å². The van der Waals surface area contributed by atoms with Gasteiger partial charge in [-0.15, -0.1) is 0 Å². The molecule has 1 amide bonds. The molecule has 0 saturated carbocycles. The fourth-order valence-corrected chi connectivity index (χ4v) is 2.68. The van der Waals surface area contributed by atoms with Gasteiger partial charge in [-0.3, -0.25) is 14.9 Å². The molecule has 1 fully saturated rings. The SMILES string of the molecule is CCNc1cc(CN2CCCC(C)C2=O)ccc1[N+](=O)[O-]. The summed E-state index contributed by atoms with van der Waals surface area (Å²) in [6.45, 7) is 5.74. The minimum Gasteiger partial charge on any atom is -0.380 e. The fraction of sp³-hybridized carbons (Fsp3) is 0.533. The molecule has 1 aromatic carbocycles. The topological polar surface area (TPSA) is 75.5 Å². The summed E-state index contributed by atoms with van der Waals surface area (Å²) in [5.41, 5.74) is 1.50. The summed E-state index contributed by atoms with van der Waals surface area (Å²) < 4.78 is 0. The third-order valence-electron chi connectivity index (χ3n) is 3.80. The molecular weight excluding hydrogens is 270 g/mol. The highest BCUT2D eigenvalue weighted by Gasteiger charge is 2.25. The van der Waals surface area contributed by atoms with Crippen molar-refractivity contribution in [2.24, 2.45) is 5.92 Å². The van der Waals surface area contributed by atoms with Crippen LogP contribution >= 0.6 is 0 Å². The highest BCUT2D eigenvalue weighted by atomic mass is 16.6. The Balaban J connectivity index is 2.18. The molecule has 1 unspecified atom stereocenters.